The van der Waals surface area contributed by atoms with Crippen molar-refractivity contribution >= 4 is 23.2 Å². The van der Waals surface area contributed by atoms with Gasteiger partial charge in [-0.2, -0.15) is 0 Å². The summed E-state index contributed by atoms with van der Waals surface area (Å²) in [5.41, 5.74) is 0.258. The topological polar surface area (TPSA) is 77.5 Å². The lowest BCUT2D eigenvalue weighted by Gasteiger charge is -2.34. The SMILES string of the molecule is CCOC(=O)c1nc(C(=O)NC2CC(OC)C2)cs1. The highest BCUT2D eigenvalue weighted by Gasteiger charge is 2.30. The minimum absolute atomic E-state index is 0.130. The van der Waals surface area contributed by atoms with Crippen molar-refractivity contribution in [3.05, 3.63) is 16.1 Å². The van der Waals surface area contributed by atoms with E-state index in [0.29, 0.717) is 6.61 Å². The van der Waals surface area contributed by atoms with Gasteiger partial charge in [-0.1, -0.05) is 0 Å². The Kier molecular flexibility index (Phi) is 4.49. The fourth-order valence-electron chi connectivity index (χ4n) is 1.80. The molecule has 7 heteroatoms. The molecule has 0 saturated heterocycles. The summed E-state index contributed by atoms with van der Waals surface area (Å²) in [5.74, 6) is -0.749. The number of rotatable bonds is 5. The van der Waals surface area contributed by atoms with Crippen LogP contribution in [0.4, 0.5) is 0 Å². The first-order chi connectivity index (χ1) is 9.13. The number of amides is 1. The van der Waals surface area contributed by atoms with Gasteiger partial charge in [0.1, 0.15) is 5.69 Å². The molecule has 0 aliphatic heterocycles. The van der Waals surface area contributed by atoms with Gasteiger partial charge in [0.05, 0.1) is 12.7 Å². The second-order valence-electron chi connectivity index (χ2n) is 4.26. The lowest BCUT2D eigenvalue weighted by Crippen LogP contribution is -2.47. The normalized spacial score (nSPS) is 21.6. The Hall–Kier alpha value is -1.47. The van der Waals surface area contributed by atoms with Gasteiger partial charge in [0, 0.05) is 18.5 Å². The number of methoxy groups -OCH3 is 1. The molecule has 0 radical (unpaired) electrons. The molecule has 1 N–H and O–H groups in total. The van der Waals surface area contributed by atoms with E-state index in [1.54, 1.807) is 19.4 Å². The van der Waals surface area contributed by atoms with Gasteiger partial charge in [0.25, 0.3) is 5.91 Å². The van der Waals surface area contributed by atoms with Gasteiger partial charge in [0.2, 0.25) is 5.01 Å². The van der Waals surface area contributed by atoms with Gasteiger partial charge in [-0.05, 0) is 19.8 Å². The molecule has 104 valence electrons. The van der Waals surface area contributed by atoms with Crippen LogP contribution in [0.5, 0.6) is 0 Å². The van der Waals surface area contributed by atoms with E-state index in [1.165, 1.54) is 0 Å². The molecule has 0 spiro atoms. The summed E-state index contributed by atoms with van der Waals surface area (Å²) >= 11 is 1.11. The molecule has 1 aliphatic carbocycles. The number of hydrogen-bond acceptors (Lipinski definition) is 6. The third-order valence-corrected chi connectivity index (χ3v) is 3.77. The average molecular weight is 284 g/mol. The molecule has 0 aromatic carbocycles. The lowest BCUT2D eigenvalue weighted by molar-refractivity contribution is 0.0175. The molecule has 6 nitrogen and oxygen atoms in total. The van der Waals surface area contributed by atoms with Crippen LogP contribution in [0.15, 0.2) is 5.38 Å². The van der Waals surface area contributed by atoms with Crippen molar-refractivity contribution in [3.8, 4) is 0 Å². The Morgan fingerprint density at radius 2 is 2.26 bits per heavy atom. The van der Waals surface area contributed by atoms with Crippen LogP contribution in [0.3, 0.4) is 0 Å². The Bertz CT molecular complexity index is 468. The zero-order valence-corrected chi connectivity index (χ0v) is 11.7. The molecular formula is C12H16N2O4S. The predicted octanol–water partition coefficient (Wildman–Crippen LogP) is 1.23. The van der Waals surface area contributed by atoms with E-state index < -0.39 is 5.97 Å². The fraction of sp³-hybridized carbons (Fsp3) is 0.583. The van der Waals surface area contributed by atoms with Crippen LogP contribution in [0, 0.1) is 0 Å². The Morgan fingerprint density at radius 1 is 1.53 bits per heavy atom. The van der Waals surface area contributed by atoms with Crippen molar-refractivity contribution in [2.45, 2.75) is 31.9 Å². The van der Waals surface area contributed by atoms with Crippen molar-refractivity contribution in [3.63, 3.8) is 0 Å². The summed E-state index contributed by atoms with van der Waals surface area (Å²) in [6.45, 7) is 2.02. The second-order valence-corrected chi connectivity index (χ2v) is 5.12. The van der Waals surface area contributed by atoms with Crippen molar-refractivity contribution in [2.24, 2.45) is 0 Å². The fourth-order valence-corrected chi connectivity index (χ4v) is 2.49. The third-order valence-electron chi connectivity index (χ3n) is 2.95. The van der Waals surface area contributed by atoms with Crippen LogP contribution >= 0.6 is 11.3 Å². The first-order valence-corrected chi connectivity index (χ1v) is 6.98. The maximum atomic E-state index is 11.9. The van der Waals surface area contributed by atoms with Crippen molar-refractivity contribution in [1.82, 2.24) is 10.3 Å². The van der Waals surface area contributed by atoms with E-state index in [4.69, 9.17) is 9.47 Å². The number of carbonyl (C=O) groups is 2. The number of carbonyl (C=O) groups excluding carboxylic acids is 2. The molecule has 1 fully saturated rings. The van der Waals surface area contributed by atoms with E-state index >= 15 is 0 Å². The van der Waals surface area contributed by atoms with E-state index in [-0.39, 0.29) is 28.8 Å². The number of hydrogen-bond donors (Lipinski definition) is 1. The first-order valence-electron chi connectivity index (χ1n) is 6.10. The molecule has 1 saturated carbocycles. The van der Waals surface area contributed by atoms with Crippen LogP contribution in [0.2, 0.25) is 0 Å². The zero-order chi connectivity index (χ0) is 13.8. The quantitative estimate of drug-likeness (QED) is 0.823. The number of esters is 1. The minimum Gasteiger partial charge on any atom is -0.461 e. The molecule has 0 atom stereocenters. The highest BCUT2D eigenvalue weighted by Crippen LogP contribution is 2.23. The molecule has 1 aromatic rings. The molecule has 1 amide bonds. The first kappa shape index (κ1) is 14.0. The van der Waals surface area contributed by atoms with Gasteiger partial charge >= 0.3 is 5.97 Å². The van der Waals surface area contributed by atoms with Crippen molar-refractivity contribution < 1.29 is 19.1 Å². The number of ether oxygens (including phenoxy) is 2. The standard InChI is InChI=1S/C12H16N2O4S/c1-3-18-12(16)11-14-9(6-19-11)10(15)13-7-4-8(5-7)17-2/h6-8H,3-5H2,1-2H3,(H,13,15). The number of nitrogens with zero attached hydrogens (tertiary/aromatic N) is 1. The van der Waals surface area contributed by atoms with Crippen LogP contribution < -0.4 is 5.32 Å². The maximum Gasteiger partial charge on any atom is 0.367 e. The molecule has 2 rings (SSSR count). The van der Waals surface area contributed by atoms with Gasteiger partial charge in [0.15, 0.2) is 0 Å². The van der Waals surface area contributed by atoms with E-state index in [9.17, 15) is 9.59 Å². The molecule has 1 aromatic heterocycles. The smallest absolute Gasteiger partial charge is 0.367 e. The van der Waals surface area contributed by atoms with Gasteiger partial charge < -0.3 is 14.8 Å². The predicted molar refractivity (Wildman–Crippen MR) is 69.4 cm³/mol. The highest BCUT2D eigenvalue weighted by molar-refractivity contribution is 7.11. The molecule has 0 unspecified atom stereocenters. The summed E-state index contributed by atoms with van der Waals surface area (Å²) in [6.07, 6.45) is 1.87. The molecule has 0 bridgehead atoms. The Balaban J connectivity index is 1.88. The summed E-state index contributed by atoms with van der Waals surface area (Å²) < 4.78 is 9.96. The molecule has 1 heterocycles. The van der Waals surface area contributed by atoms with E-state index in [1.807, 2.05) is 0 Å². The number of nitrogens with one attached hydrogen (secondary N) is 1. The van der Waals surface area contributed by atoms with E-state index in [2.05, 4.69) is 10.3 Å². The van der Waals surface area contributed by atoms with Gasteiger partial charge in [-0.3, -0.25) is 4.79 Å². The van der Waals surface area contributed by atoms with Crippen LogP contribution in [0.25, 0.3) is 0 Å². The van der Waals surface area contributed by atoms with E-state index in [0.717, 1.165) is 24.2 Å². The summed E-state index contributed by atoms with van der Waals surface area (Å²) in [4.78, 5) is 27.3. The van der Waals surface area contributed by atoms with Gasteiger partial charge in [-0.25, -0.2) is 9.78 Å². The maximum absolute atomic E-state index is 11.9. The van der Waals surface area contributed by atoms with Crippen molar-refractivity contribution in [2.75, 3.05) is 13.7 Å². The summed E-state index contributed by atoms with van der Waals surface area (Å²) in [6, 6.07) is 0.130. The van der Waals surface area contributed by atoms with Crippen LogP contribution in [-0.4, -0.2) is 42.7 Å². The molecular weight excluding hydrogens is 268 g/mol. The minimum atomic E-state index is -0.491. The summed E-state index contributed by atoms with van der Waals surface area (Å²) in [5, 5.41) is 4.62. The second kappa shape index (κ2) is 6.12. The van der Waals surface area contributed by atoms with Crippen LogP contribution in [-0.2, 0) is 9.47 Å². The number of thiazole rings is 1. The highest BCUT2D eigenvalue weighted by atomic mass is 32.1. The monoisotopic (exact) mass is 284 g/mol. The van der Waals surface area contributed by atoms with Gasteiger partial charge in [-0.15, -0.1) is 11.3 Å². The van der Waals surface area contributed by atoms with Crippen LogP contribution in [0.1, 0.15) is 40.1 Å². The lowest BCUT2D eigenvalue weighted by atomic mass is 9.89. The zero-order valence-electron chi connectivity index (χ0n) is 10.8. The summed E-state index contributed by atoms with van der Waals surface area (Å²) in [7, 11) is 1.66. The van der Waals surface area contributed by atoms with Crippen molar-refractivity contribution in [1.29, 1.82) is 0 Å². The molecule has 1 aliphatic rings. The largest absolute Gasteiger partial charge is 0.461 e. The Labute approximate surface area is 115 Å². The third kappa shape index (κ3) is 3.30. The Morgan fingerprint density at radius 3 is 2.89 bits per heavy atom. The number of aromatic nitrogens is 1. The average Bonchev–Trinajstić information content (AvgIpc) is 2.82. The molecule has 19 heavy (non-hydrogen) atoms.